The number of aromatic nitrogens is 1. The summed E-state index contributed by atoms with van der Waals surface area (Å²) in [6, 6.07) is 6.69. The van der Waals surface area contributed by atoms with Gasteiger partial charge in [-0.3, -0.25) is 4.79 Å². The molecule has 98 valence electrons. The molecule has 1 fully saturated rings. The number of hydrogen-bond acceptors (Lipinski definition) is 2. The standard InChI is InChI=1S/C15H16N2O2/c18-15(19)9-4-11-10-2-1-3-12-14(10)8(6-16-12)5-13(11)17-7-9/h1-3,6,9,11,13,16-17H,4-5,7H2,(H,18,19)/t9-,11+,13+/m0/s1. The number of benzene rings is 1. The van der Waals surface area contributed by atoms with Crippen molar-refractivity contribution >= 4 is 16.9 Å². The highest BCUT2D eigenvalue weighted by Crippen LogP contribution is 2.41. The quantitative estimate of drug-likeness (QED) is 0.729. The van der Waals surface area contributed by atoms with Gasteiger partial charge in [0.05, 0.1) is 5.92 Å². The summed E-state index contributed by atoms with van der Waals surface area (Å²) in [4.78, 5) is 14.5. The van der Waals surface area contributed by atoms with Gasteiger partial charge >= 0.3 is 5.97 Å². The molecular formula is C15H16N2O2. The van der Waals surface area contributed by atoms with Gasteiger partial charge in [0, 0.05) is 35.6 Å². The first-order chi connectivity index (χ1) is 9.24. The average Bonchev–Trinajstić information content (AvgIpc) is 2.83. The second-order valence-corrected chi connectivity index (χ2v) is 5.68. The largest absolute Gasteiger partial charge is 0.481 e. The lowest BCUT2D eigenvalue weighted by atomic mass is 9.73. The SMILES string of the molecule is O=C(O)[C@@H]1CN[C@@H]2Cc3c[nH]c4cccc(c34)[C@H]2C1. The van der Waals surface area contributed by atoms with Crippen LogP contribution >= 0.6 is 0 Å². The molecule has 0 spiro atoms. The minimum absolute atomic E-state index is 0.267. The zero-order chi connectivity index (χ0) is 13.0. The third-order valence-corrected chi connectivity index (χ3v) is 4.66. The Hall–Kier alpha value is -1.81. The highest BCUT2D eigenvalue weighted by Gasteiger charge is 2.38. The third-order valence-electron chi connectivity index (χ3n) is 4.66. The molecule has 3 atom stereocenters. The van der Waals surface area contributed by atoms with Crippen molar-refractivity contribution in [2.75, 3.05) is 6.54 Å². The minimum atomic E-state index is -0.682. The van der Waals surface area contributed by atoms with Crippen LogP contribution in [0.5, 0.6) is 0 Å². The molecule has 3 N–H and O–H groups in total. The van der Waals surface area contributed by atoms with Crippen LogP contribution in [0, 0.1) is 5.92 Å². The molecule has 1 aliphatic heterocycles. The van der Waals surface area contributed by atoms with E-state index in [0.717, 1.165) is 12.8 Å². The smallest absolute Gasteiger partial charge is 0.307 e. The Morgan fingerprint density at radius 2 is 2.26 bits per heavy atom. The molecule has 1 aromatic heterocycles. The van der Waals surface area contributed by atoms with E-state index < -0.39 is 5.97 Å². The van der Waals surface area contributed by atoms with Gasteiger partial charge in [-0.05, 0) is 30.0 Å². The second kappa shape index (κ2) is 3.84. The molecule has 0 radical (unpaired) electrons. The van der Waals surface area contributed by atoms with E-state index >= 15 is 0 Å². The summed E-state index contributed by atoms with van der Waals surface area (Å²) in [6.45, 7) is 0.590. The fourth-order valence-corrected chi connectivity index (χ4v) is 3.73. The molecule has 1 aliphatic carbocycles. The van der Waals surface area contributed by atoms with E-state index in [0.29, 0.717) is 18.5 Å². The van der Waals surface area contributed by atoms with Gasteiger partial charge in [-0.2, -0.15) is 0 Å². The van der Waals surface area contributed by atoms with Crippen LogP contribution in [0.25, 0.3) is 10.9 Å². The van der Waals surface area contributed by atoms with Crippen LogP contribution in [0.2, 0.25) is 0 Å². The zero-order valence-corrected chi connectivity index (χ0v) is 10.5. The molecule has 19 heavy (non-hydrogen) atoms. The lowest BCUT2D eigenvalue weighted by Crippen LogP contribution is -2.48. The Balaban J connectivity index is 1.82. The van der Waals surface area contributed by atoms with Crippen LogP contribution in [0.4, 0.5) is 0 Å². The van der Waals surface area contributed by atoms with Crippen LogP contribution in [0.1, 0.15) is 23.5 Å². The van der Waals surface area contributed by atoms with Gasteiger partial charge in [-0.15, -0.1) is 0 Å². The number of carboxylic acid groups (broad SMARTS) is 1. The van der Waals surface area contributed by atoms with Crippen molar-refractivity contribution in [3.63, 3.8) is 0 Å². The second-order valence-electron chi connectivity index (χ2n) is 5.68. The zero-order valence-electron chi connectivity index (χ0n) is 10.5. The van der Waals surface area contributed by atoms with Crippen molar-refractivity contribution in [2.45, 2.75) is 24.8 Å². The monoisotopic (exact) mass is 256 g/mol. The maximum Gasteiger partial charge on any atom is 0.307 e. The number of carbonyl (C=O) groups is 1. The molecule has 2 aliphatic rings. The Morgan fingerprint density at radius 3 is 3.11 bits per heavy atom. The third kappa shape index (κ3) is 1.53. The van der Waals surface area contributed by atoms with Gasteiger partial charge in [0.25, 0.3) is 0 Å². The fraction of sp³-hybridized carbons (Fsp3) is 0.400. The Morgan fingerprint density at radius 1 is 1.37 bits per heavy atom. The molecule has 4 heteroatoms. The van der Waals surface area contributed by atoms with Crippen molar-refractivity contribution in [3.8, 4) is 0 Å². The summed E-state index contributed by atoms with van der Waals surface area (Å²) in [5, 5.41) is 14.0. The summed E-state index contributed by atoms with van der Waals surface area (Å²) >= 11 is 0. The van der Waals surface area contributed by atoms with Crippen molar-refractivity contribution < 1.29 is 9.90 Å². The van der Waals surface area contributed by atoms with Crippen LogP contribution < -0.4 is 5.32 Å². The normalized spacial score (nSPS) is 29.2. The molecule has 4 rings (SSSR count). The number of nitrogens with one attached hydrogen (secondary N) is 2. The first-order valence-corrected chi connectivity index (χ1v) is 6.79. The summed E-state index contributed by atoms with van der Waals surface area (Å²) in [6.07, 6.45) is 3.83. The molecule has 0 saturated carbocycles. The van der Waals surface area contributed by atoms with Crippen molar-refractivity contribution in [1.29, 1.82) is 0 Å². The molecular weight excluding hydrogens is 240 g/mol. The predicted octanol–water partition coefficient (Wildman–Crippen LogP) is 1.87. The van der Waals surface area contributed by atoms with Crippen LogP contribution in [0.3, 0.4) is 0 Å². The number of hydrogen-bond donors (Lipinski definition) is 3. The molecule has 1 aromatic carbocycles. The van der Waals surface area contributed by atoms with Gasteiger partial charge in [0.15, 0.2) is 0 Å². The van der Waals surface area contributed by atoms with E-state index in [1.807, 2.05) is 0 Å². The van der Waals surface area contributed by atoms with E-state index in [2.05, 4.69) is 34.7 Å². The van der Waals surface area contributed by atoms with Gasteiger partial charge in [-0.25, -0.2) is 0 Å². The fourth-order valence-electron chi connectivity index (χ4n) is 3.73. The number of carboxylic acids is 1. The van der Waals surface area contributed by atoms with E-state index in [4.69, 9.17) is 0 Å². The van der Waals surface area contributed by atoms with Crippen LogP contribution in [-0.4, -0.2) is 28.6 Å². The highest BCUT2D eigenvalue weighted by atomic mass is 16.4. The van der Waals surface area contributed by atoms with Crippen molar-refractivity contribution in [3.05, 3.63) is 35.5 Å². The molecule has 2 aromatic rings. The first kappa shape index (κ1) is 11.1. The topological polar surface area (TPSA) is 65.1 Å². The Labute approximate surface area is 110 Å². The first-order valence-electron chi connectivity index (χ1n) is 6.79. The number of aromatic amines is 1. The summed E-state index contributed by atoms with van der Waals surface area (Å²) < 4.78 is 0. The maximum atomic E-state index is 11.2. The number of piperidine rings is 1. The number of rotatable bonds is 1. The van der Waals surface area contributed by atoms with Gasteiger partial charge in [0.1, 0.15) is 0 Å². The average molecular weight is 256 g/mol. The van der Waals surface area contributed by atoms with Crippen molar-refractivity contribution in [2.24, 2.45) is 5.92 Å². The number of H-pyrrole nitrogens is 1. The molecule has 0 unspecified atom stereocenters. The molecule has 4 nitrogen and oxygen atoms in total. The molecule has 0 bridgehead atoms. The lowest BCUT2D eigenvalue weighted by Gasteiger charge is -2.39. The number of aliphatic carboxylic acids is 1. The molecule has 0 amide bonds. The summed E-state index contributed by atoms with van der Waals surface area (Å²) in [5.41, 5.74) is 3.83. The molecule has 1 saturated heterocycles. The highest BCUT2D eigenvalue weighted by molar-refractivity contribution is 5.88. The van der Waals surface area contributed by atoms with E-state index in [-0.39, 0.29) is 5.92 Å². The van der Waals surface area contributed by atoms with E-state index in [1.165, 1.54) is 22.0 Å². The van der Waals surface area contributed by atoms with E-state index in [9.17, 15) is 9.90 Å². The van der Waals surface area contributed by atoms with Gasteiger partial charge in [-0.1, -0.05) is 12.1 Å². The maximum absolute atomic E-state index is 11.2. The van der Waals surface area contributed by atoms with Crippen LogP contribution in [-0.2, 0) is 11.2 Å². The number of fused-ring (bicyclic) bond motifs is 2. The van der Waals surface area contributed by atoms with Gasteiger partial charge < -0.3 is 15.4 Å². The Kier molecular flexibility index (Phi) is 2.23. The Bertz CT molecular complexity index is 661. The lowest BCUT2D eigenvalue weighted by molar-refractivity contribution is -0.142. The minimum Gasteiger partial charge on any atom is -0.481 e. The summed E-state index contributed by atoms with van der Waals surface area (Å²) in [7, 11) is 0. The predicted molar refractivity (Wildman–Crippen MR) is 72.3 cm³/mol. The van der Waals surface area contributed by atoms with E-state index in [1.54, 1.807) is 0 Å². The molecule has 2 heterocycles. The summed E-state index contributed by atoms with van der Waals surface area (Å²) in [5.74, 6) is -0.628. The van der Waals surface area contributed by atoms with Crippen LogP contribution in [0.15, 0.2) is 24.4 Å². The van der Waals surface area contributed by atoms with Crippen molar-refractivity contribution in [1.82, 2.24) is 10.3 Å². The van der Waals surface area contributed by atoms with Gasteiger partial charge in [0.2, 0.25) is 0 Å².